The van der Waals surface area contributed by atoms with Gasteiger partial charge in [-0.15, -0.1) is 0 Å². The standard InChI is InChI=1S/C13H19N3O2/c14-15-13(18)11-4-1-3-10(7-11)8-16-6-2-5-12(17)9-16/h1,3-4,7,12,17H,2,5-6,8-9,14H2,(H,15,18). The number of carbonyl (C=O) groups excluding carboxylic acids is 1. The van der Waals surface area contributed by atoms with E-state index in [4.69, 9.17) is 5.84 Å². The van der Waals surface area contributed by atoms with Crippen molar-refractivity contribution in [1.82, 2.24) is 10.3 Å². The summed E-state index contributed by atoms with van der Waals surface area (Å²) in [5.41, 5.74) is 3.75. The van der Waals surface area contributed by atoms with Crippen molar-refractivity contribution in [3.63, 3.8) is 0 Å². The zero-order chi connectivity index (χ0) is 13.0. The third-order valence-corrected chi connectivity index (χ3v) is 3.21. The molecular formula is C13H19N3O2. The lowest BCUT2D eigenvalue weighted by atomic mass is 10.1. The Bertz CT molecular complexity index is 422. The molecule has 0 saturated carbocycles. The first kappa shape index (κ1) is 13.0. The molecule has 0 aromatic heterocycles. The fourth-order valence-electron chi connectivity index (χ4n) is 2.33. The van der Waals surface area contributed by atoms with E-state index in [0.717, 1.165) is 31.5 Å². The van der Waals surface area contributed by atoms with E-state index < -0.39 is 0 Å². The lowest BCUT2D eigenvalue weighted by Crippen LogP contribution is -2.37. The molecule has 1 aromatic carbocycles. The van der Waals surface area contributed by atoms with Crippen LogP contribution in [-0.2, 0) is 6.54 Å². The second kappa shape index (κ2) is 5.95. The van der Waals surface area contributed by atoms with Crippen molar-refractivity contribution in [3.8, 4) is 0 Å². The van der Waals surface area contributed by atoms with Crippen LogP contribution >= 0.6 is 0 Å². The number of nitrogens with one attached hydrogen (secondary N) is 1. The predicted octanol–water partition coefficient (Wildman–Crippen LogP) is 0.247. The number of rotatable bonds is 3. The van der Waals surface area contributed by atoms with Gasteiger partial charge in [0.15, 0.2) is 0 Å². The fraction of sp³-hybridized carbons (Fsp3) is 0.462. The summed E-state index contributed by atoms with van der Waals surface area (Å²) in [6.07, 6.45) is 1.67. The Kier molecular flexibility index (Phi) is 4.30. The molecule has 5 nitrogen and oxygen atoms in total. The molecule has 1 aromatic rings. The van der Waals surface area contributed by atoms with Gasteiger partial charge in [-0.3, -0.25) is 15.1 Å². The molecule has 1 fully saturated rings. The van der Waals surface area contributed by atoms with E-state index in [9.17, 15) is 9.90 Å². The molecule has 1 atom stereocenters. The van der Waals surface area contributed by atoms with Crippen molar-refractivity contribution in [3.05, 3.63) is 35.4 Å². The van der Waals surface area contributed by atoms with Crippen LogP contribution in [0.4, 0.5) is 0 Å². The Morgan fingerprint density at radius 2 is 2.39 bits per heavy atom. The SMILES string of the molecule is NNC(=O)c1cccc(CN2CCCC(O)C2)c1. The molecule has 18 heavy (non-hydrogen) atoms. The van der Waals surface area contributed by atoms with Crippen molar-refractivity contribution in [1.29, 1.82) is 0 Å². The van der Waals surface area contributed by atoms with Gasteiger partial charge >= 0.3 is 0 Å². The summed E-state index contributed by atoms with van der Waals surface area (Å²) >= 11 is 0. The first-order valence-corrected chi connectivity index (χ1v) is 6.19. The molecule has 0 radical (unpaired) electrons. The number of hydrogen-bond donors (Lipinski definition) is 3. The molecule has 1 amide bonds. The van der Waals surface area contributed by atoms with E-state index in [-0.39, 0.29) is 12.0 Å². The zero-order valence-corrected chi connectivity index (χ0v) is 10.3. The number of benzene rings is 1. The second-order valence-electron chi connectivity index (χ2n) is 4.71. The summed E-state index contributed by atoms with van der Waals surface area (Å²) < 4.78 is 0. The fourth-order valence-corrected chi connectivity index (χ4v) is 2.33. The first-order valence-electron chi connectivity index (χ1n) is 6.19. The predicted molar refractivity (Wildman–Crippen MR) is 68.6 cm³/mol. The van der Waals surface area contributed by atoms with Crippen molar-refractivity contribution >= 4 is 5.91 Å². The van der Waals surface area contributed by atoms with Crippen LogP contribution in [0.25, 0.3) is 0 Å². The molecular weight excluding hydrogens is 230 g/mol. The molecule has 0 aliphatic carbocycles. The number of hydrogen-bond acceptors (Lipinski definition) is 4. The largest absolute Gasteiger partial charge is 0.392 e. The summed E-state index contributed by atoms with van der Waals surface area (Å²) in [5.74, 6) is 4.83. The van der Waals surface area contributed by atoms with Gasteiger partial charge in [-0.05, 0) is 37.1 Å². The molecule has 4 N–H and O–H groups in total. The molecule has 1 saturated heterocycles. The van der Waals surface area contributed by atoms with E-state index in [2.05, 4.69) is 10.3 Å². The van der Waals surface area contributed by atoms with Gasteiger partial charge in [0.05, 0.1) is 6.10 Å². The third kappa shape index (κ3) is 3.29. The average molecular weight is 249 g/mol. The number of β-amino-alcohol motifs (C(OH)–C–C–N with tert-alkyl or cyclic N) is 1. The Hall–Kier alpha value is -1.43. The Morgan fingerprint density at radius 1 is 1.56 bits per heavy atom. The molecule has 0 bridgehead atoms. The summed E-state index contributed by atoms with van der Waals surface area (Å²) in [4.78, 5) is 13.6. The maximum atomic E-state index is 11.4. The van der Waals surface area contributed by atoms with Gasteiger partial charge < -0.3 is 5.11 Å². The van der Waals surface area contributed by atoms with Gasteiger partial charge in [0.2, 0.25) is 0 Å². The van der Waals surface area contributed by atoms with E-state index >= 15 is 0 Å². The number of aliphatic hydroxyl groups is 1. The van der Waals surface area contributed by atoms with Gasteiger partial charge in [0.1, 0.15) is 0 Å². The van der Waals surface area contributed by atoms with Crippen molar-refractivity contribution < 1.29 is 9.90 Å². The van der Waals surface area contributed by atoms with E-state index in [1.165, 1.54) is 0 Å². The number of hydrazine groups is 1. The van der Waals surface area contributed by atoms with Crippen LogP contribution < -0.4 is 11.3 Å². The Morgan fingerprint density at radius 3 is 3.11 bits per heavy atom. The normalized spacial score (nSPS) is 20.7. The summed E-state index contributed by atoms with van der Waals surface area (Å²) in [6.45, 7) is 2.44. The smallest absolute Gasteiger partial charge is 0.265 e. The summed E-state index contributed by atoms with van der Waals surface area (Å²) in [7, 11) is 0. The summed E-state index contributed by atoms with van der Waals surface area (Å²) in [5, 5.41) is 9.62. The topological polar surface area (TPSA) is 78.6 Å². The molecule has 1 unspecified atom stereocenters. The van der Waals surface area contributed by atoms with Crippen LogP contribution in [0.5, 0.6) is 0 Å². The van der Waals surface area contributed by atoms with Gasteiger partial charge in [-0.1, -0.05) is 12.1 Å². The van der Waals surface area contributed by atoms with Crippen LogP contribution in [0, 0.1) is 0 Å². The highest BCUT2D eigenvalue weighted by Gasteiger charge is 2.17. The molecule has 98 valence electrons. The van der Waals surface area contributed by atoms with Gasteiger partial charge in [0, 0.05) is 18.7 Å². The highest BCUT2D eigenvalue weighted by Crippen LogP contribution is 2.14. The summed E-state index contributed by atoms with van der Waals surface area (Å²) in [6, 6.07) is 7.40. The highest BCUT2D eigenvalue weighted by molar-refractivity contribution is 5.93. The van der Waals surface area contributed by atoms with Gasteiger partial charge in [-0.2, -0.15) is 0 Å². The van der Waals surface area contributed by atoms with Crippen LogP contribution in [0.2, 0.25) is 0 Å². The molecule has 0 spiro atoms. The van der Waals surface area contributed by atoms with Crippen LogP contribution in [0.3, 0.4) is 0 Å². The lowest BCUT2D eigenvalue weighted by molar-refractivity contribution is 0.0668. The second-order valence-corrected chi connectivity index (χ2v) is 4.71. The number of nitrogens with zero attached hydrogens (tertiary/aromatic N) is 1. The molecule has 1 aliphatic heterocycles. The number of carbonyl (C=O) groups is 1. The van der Waals surface area contributed by atoms with E-state index in [0.29, 0.717) is 12.1 Å². The quantitative estimate of drug-likeness (QED) is 0.407. The number of amides is 1. The lowest BCUT2D eigenvalue weighted by Gasteiger charge is -2.30. The number of likely N-dealkylation sites (tertiary alicyclic amines) is 1. The van der Waals surface area contributed by atoms with Crippen LogP contribution in [0.15, 0.2) is 24.3 Å². The van der Waals surface area contributed by atoms with Crippen LogP contribution in [0.1, 0.15) is 28.8 Å². The van der Waals surface area contributed by atoms with Crippen LogP contribution in [-0.4, -0.2) is 35.1 Å². The molecule has 1 heterocycles. The van der Waals surface area contributed by atoms with Gasteiger partial charge in [-0.25, -0.2) is 5.84 Å². The van der Waals surface area contributed by atoms with Crippen molar-refractivity contribution in [2.45, 2.75) is 25.5 Å². The molecule has 5 heteroatoms. The van der Waals surface area contributed by atoms with E-state index in [1.54, 1.807) is 6.07 Å². The van der Waals surface area contributed by atoms with Crippen molar-refractivity contribution in [2.75, 3.05) is 13.1 Å². The first-order chi connectivity index (χ1) is 8.69. The number of nitrogen functional groups attached to an aromatic ring is 1. The average Bonchev–Trinajstić information content (AvgIpc) is 2.38. The minimum absolute atomic E-state index is 0.228. The Labute approximate surface area is 107 Å². The highest BCUT2D eigenvalue weighted by atomic mass is 16.3. The number of nitrogens with two attached hydrogens (primary N) is 1. The Balaban J connectivity index is 2.02. The molecule has 2 rings (SSSR count). The number of piperidine rings is 1. The maximum Gasteiger partial charge on any atom is 0.265 e. The third-order valence-electron chi connectivity index (χ3n) is 3.21. The minimum atomic E-state index is -0.282. The maximum absolute atomic E-state index is 11.4. The van der Waals surface area contributed by atoms with E-state index in [1.807, 2.05) is 18.2 Å². The van der Waals surface area contributed by atoms with Crippen molar-refractivity contribution in [2.24, 2.45) is 5.84 Å². The number of aliphatic hydroxyl groups excluding tert-OH is 1. The minimum Gasteiger partial charge on any atom is -0.392 e. The zero-order valence-electron chi connectivity index (χ0n) is 10.3. The van der Waals surface area contributed by atoms with Gasteiger partial charge in [0.25, 0.3) is 5.91 Å². The molecule has 1 aliphatic rings. The monoisotopic (exact) mass is 249 g/mol.